The van der Waals surface area contributed by atoms with Crippen molar-refractivity contribution >= 4 is 16.5 Å². The van der Waals surface area contributed by atoms with E-state index >= 15 is 0 Å². The zero-order chi connectivity index (χ0) is 14.8. The summed E-state index contributed by atoms with van der Waals surface area (Å²) >= 11 is 1.91. The molecule has 1 heterocycles. The molecule has 0 saturated heterocycles. The molecule has 1 N–H and O–H groups in total. The Morgan fingerprint density at radius 2 is 2.10 bits per heavy atom. The van der Waals surface area contributed by atoms with Gasteiger partial charge in [0.05, 0.1) is 5.69 Å². The van der Waals surface area contributed by atoms with Gasteiger partial charge in [-0.05, 0) is 43.9 Å². The van der Waals surface area contributed by atoms with Gasteiger partial charge in [-0.25, -0.2) is 4.98 Å². The maximum absolute atomic E-state index is 5.00. The molecule has 1 aromatic rings. The predicted octanol–water partition coefficient (Wildman–Crippen LogP) is 4.14. The summed E-state index contributed by atoms with van der Waals surface area (Å²) in [5.74, 6) is 1.47. The van der Waals surface area contributed by atoms with E-state index in [-0.39, 0.29) is 0 Å². The highest BCUT2D eigenvalue weighted by atomic mass is 32.1. The first kappa shape index (κ1) is 15.3. The number of aromatic nitrogens is 1. The van der Waals surface area contributed by atoms with E-state index in [1.54, 1.807) is 0 Å². The minimum Gasteiger partial charge on any atom is -0.351 e. The van der Waals surface area contributed by atoms with Crippen LogP contribution in [-0.2, 0) is 6.54 Å². The van der Waals surface area contributed by atoms with Crippen LogP contribution in [0.25, 0.3) is 0 Å². The fourth-order valence-electron chi connectivity index (χ4n) is 2.88. The molecule has 0 aromatic carbocycles. The minimum atomic E-state index is 0.572. The average Bonchev–Trinajstić information content (AvgIpc) is 3.17. The molecule has 3 nitrogen and oxygen atoms in total. The number of rotatable bonds is 8. The van der Waals surface area contributed by atoms with Crippen LogP contribution in [0.5, 0.6) is 0 Å². The molecule has 2 saturated carbocycles. The van der Waals surface area contributed by atoms with Crippen molar-refractivity contribution in [1.82, 2.24) is 10.3 Å². The molecule has 2 aliphatic carbocycles. The number of anilines is 1. The van der Waals surface area contributed by atoms with Gasteiger partial charge in [-0.15, -0.1) is 11.3 Å². The molecule has 0 spiro atoms. The van der Waals surface area contributed by atoms with E-state index in [1.165, 1.54) is 60.8 Å². The van der Waals surface area contributed by atoms with Crippen LogP contribution in [0, 0.1) is 5.92 Å². The molecule has 0 bridgehead atoms. The second-order valence-corrected chi connectivity index (χ2v) is 8.01. The van der Waals surface area contributed by atoms with Crippen molar-refractivity contribution in [3.8, 4) is 0 Å². The van der Waals surface area contributed by atoms with Gasteiger partial charge in [0, 0.05) is 31.1 Å². The molecule has 21 heavy (non-hydrogen) atoms. The Morgan fingerprint density at radius 1 is 1.33 bits per heavy atom. The molecule has 0 radical (unpaired) electrons. The molecule has 2 fully saturated rings. The number of nitrogens with one attached hydrogen (secondary N) is 1. The predicted molar refractivity (Wildman–Crippen MR) is 91.3 cm³/mol. The zero-order valence-electron chi connectivity index (χ0n) is 13.7. The highest BCUT2D eigenvalue weighted by Gasteiger charge is 2.25. The molecule has 3 rings (SSSR count). The van der Waals surface area contributed by atoms with Crippen molar-refractivity contribution in [3.05, 3.63) is 10.6 Å². The fourth-order valence-corrected chi connectivity index (χ4v) is 3.99. The third-order valence-corrected chi connectivity index (χ3v) is 6.19. The Labute approximate surface area is 133 Å². The van der Waals surface area contributed by atoms with Gasteiger partial charge in [-0.3, -0.25) is 0 Å². The molecule has 4 heteroatoms. The molecule has 0 aliphatic heterocycles. The van der Waals surface area contributed by atoms with Crippen LogP contribution in [0.4, 0.5) is 5.13 Å². The van der Waals surface area contributed by atoms with Gasteiger partial charge >= 0.3 is 0 Å². The lowest BCUT2D eigenvalue weighted by Crippen LogP contribution is -2.29. The molecular formula is C17H29N3S. The maximum Gasteiger partial charge on any atom is 0.185 e. The van der Waals surface area contributed by atoms with Crippen molar-refractivity contribution in [2.45, 2.75) is 70.9 Å². The normalized spacial score (nSPS) is 20.3. The second kappa shape index (κ2) is 6.66. The third-order valence-electron chi connectivity index (χ3n) is 5.01. The minimum absolute atomic E-state index is 0.572. The molecule has 1 unspecified atom stereocenters. The Hall–Kier alpha value is -0.610. The molecule has 1 aromatic heterocycles. The first-order chi connectivity index (χ1) is 10.2. The summed E-state index contributed by atoms with van der Waals surface area (Å²) in [5.41, 5.74) is 1.34. The van der Waals surface area contributed by atoms with Gasteiger partial charge in [-0.1, -0.05) is 20.3 Å². The standard InChI is InChI=1S/C17H29N3S/c1-4-12(2)16-15(10-18-14-8-9-14)21-17(19-16)20(3)11-13-6-5-7-13/h12-14,18H,4-11H2,1-3H3. The van der Waals surface area contributed by atoms with Crippen LogP contribution in [0.1, 0.15) is 68.9 Å². The van der Waals surface area contributed by atoms with E-state index in [1.807, 2.05) is 11.3 Å². The van der Waals surface area contributed by atoms with E-state index in [9.17, 15) is 0 Å². The lowest BCUT2D eigenvalue weighted by atomic mass is 9.85. The van der Waals surface area contributed by atoms with Crippen molar-refractivity contribution in [3.63, 3.8) is 0 Å². The SMILES string of the molecule is CCC(C)c1nc(N(C)CC2CCC2)sc1CNC1CC1. The van der Waals surface area contributed by atoms with E-state index in [0.29, 0.717) is 5.92 Å². The Balaban J connectivity index is 1.69. The van der Waals surface area contributed by atoms with E-state index in [4.69, 9.17) is 4.98 Å². The van der Waals surface area contributed by atoms with Crippen LogP contribution < -0.4 is 10.2 Å². The van der Waals surface area contributed by atoms with Crippen molar-refractivity contribution in [2.24, 2.45) is 5.92 Å². The topological polar surface area (TPSA) is 28.2 Å². The van der Waals surface area contributed by atoms with Crippen molar-refractivity contribution < 1.29 is 0 Å². The average molecular weight is 308 g/mol. The van der Waals surface area contributed by atoms with Crippen molar-refractivity contribution in [2.75, 3.05) is 18.5 Å². The number of hydrogen-bond donors (Lipinski definition) is 1. The summed E-state index contributed by atoms with van der Waals surface area (Å²) in [5, 5.41) is 4.89. The van der Waals surface area contributed by atoms with Crippen LogP contribution in [0.15, 0.2) is 0 Å². The van der Waals surface area contributed by atoms with Gasteiger partial charge in [0.2, 0.25) is 0 Å². The monoisotopic (exact) mass is 307 g/mol. The van der Waals surface area contributed by atoms with E-state index in [2.05, 4.69) is 31.1 Å². The van der Waals surface area contributed by atoms with Crippen LogP contribution in [-0.4, -0.2) is 24.6 Å². The summed E-state index contributed by atoms with van der Waals surface area (Å²) in [7, 11) is 2.22. The maximum atomic E-state index is 5.00. The Morgan fingerprint density at radius 3 is 2.67 bits per heavy atom. The lowest BCUT2D eigenvalue weighted by Gasteiger charge is -2.29. The first-order valence-electron chi connectivity index (χ1n) is 8.61. The lowest BCUT2D eigenvalue weighted by molar-refractivity contribution is 0.321. The number of nitrogens with zero attached hydrogens (tertiary/aromatic N) is 2. The highest BCUT2D eigenvalue weighted by molar-refractivity contribution is 7.15. The Kier molecular flexibility index (Phi) is 4.85. The molecule has 2 aliphatic rings. The van der Waals surface area contributed by atoms with Crippen LogP contribution >= 0.6 is 11.3 Å². The van der Waals surface area contributed by atoms with Crippen LogP contribution in [0.3, 0.4) is 0 Å². The van der Waals surface area contributed by atoms with Gasteiger partial charge in [-0.2, -0.15) is 0 Å². The van der Waals surface area contributed by atoms with Gasteiger partial charge in [0.25, 0.3) is 0 Å². The second-order valence-electron chi connectivity index (χ2n) is 6.95. The smallest absolute Gasteiger partial charge is 0.185 e. The van der Waals surface area contributed by atoms with E-state index in [0.717, 1.165) is 18.5 Å². The molecule has 118 valence electrons. The fraction of sp³-hybridized carbons (Fsp3) is 0.824. The molecule has 1 atom stereocenters. The quantitative estimate of drug-likeness (QED) is 0.782. The van der Waals surface area contributed by atoms with Gasteiger partial charge in [0.15, 0.2) is 5.13 Å². The first-order valence-corrected chi connectivity index (χ1v) is 9.43. The Bertz CT molecular complexity index is 463. The molecular weight excluding hydrogens is 278 g/mol. The number of thiazole rings is 1. The third kappa shape index (κ3) is 3.78. The summed E-state index contributed by atoms with van der Waals surface area (Å²) < 4.78 is 0. The summed E-state index contributed by atoms with van der Waals surface area (Å²) in [6.07, 6.45) is 8.11. The summed E-state index contributed by atoms with van der Waals surface area (Å²) in [4.78, 5) is 8.85. The van der Waals surface area contributed by atoms with Crippen LogP contribution in [0.2, 0.25) is 0 Å². The zero-order valence-corrected chi connectivity index (χ0v) is 14.5. The van der Waals surface area contributed by atoms with Gasteiger partial charge in [0.1, 0.15) is 0 Å². The van der Waals surface area contributed by atoms with Gasteiger partial charge < -0.3 is 10.2 Å². The van der Waals surface area contributed by atoms with Crippen molar-refractivity contribution in [1.29, 1.82) is 0 Å². The summed E-state index contributed by atoms with van der Waals surface area (Å²) in [6, 6.07) is 0.771. The summed E-state index contributed by atoms with van der Waals surface area (Å²) in [6.45, 7) is 6.77. The molecule has 0 amide bonds. The largest absolute Gasteiger partial charge is 0.351 e. The highest BCUT2D eigenvalue weighted by Crippen LogP contribution is 2.34. The van der Waals surface area contributed by atoms with E-state index < -0.39 is 0 Å². The number of hydrogen-bond acceptors (Lipinski definition) is 4.